The molecule has 0 unspecified atom stereocenters. The highest BCUT2D eigenvalue weighted by atomic mass is 32.1. The highest BCUT2D eigenvalue weighted by Crippen LogP contribution is 2.25. The lowest BCUT2D eigenvalue weighted by Gasteiger charge is -2.02. The molecule has 1 heterocycles. The van der Waals surface area contributed by atoms with Crippen LogP contribution in [0.25, 0.3) is 11.1 Å². The van der Waals surface area contributed by atoms with E-state index in [2.05, 4.69) is 77.4 Å². The fourth-order valence-corrected chi connectivity index (χ4v) is 3.04. The molecule has 0 saturated carbocycles. The third-order valence-electron chi connectivity index (χ3n) is 3.23. The van der Waals surface area contributed by atoms with Gasteiger partial charge < -0.3 is 5.32 Å². The summed E-state index contributed by atoms with van der Waals surface area (Å²) >= 11 is 1.82. The van der Waals surface area contributed by atoms with Crippen LogP contribution in [0.2, 0.25) is 0 Å². The van der Waals surface area contributed by atoms with Crippen molar-refractivity contribution in [2.75, 3.05) is 0 Å². The summed E-state index contributed by atoms with van der Waals surface area (Å²) in [5.74, 6) is 0. The van der Waals surface area contributed by atoms with Crippen molar-refractivity contribution < 1.29 is 0 Å². The van der Waals surface area contributed by atoms with Crippen molar-refractivity contribution in [2.24, 2.45) is 0 Å². The molecular weight excluding hydrogens is 262 g/mol. The SMILES string of the molecule is c1ccc(CNCc2cc(-c3ccccc3)cs2)cc1. The van der Waals surface area contributed by atoms with Crippen molar-refractivity contribution in [3.05, 3.63) is 82.6 Å². The number of nitrogens with one attached hydrogen (secondary N) is 1. The van der Waals surface area contributed by atoms with Gasteiger partial charge in [-0.25, -0.2) is 0 Å². The van der Waals surface area contributed by atoms with Crippen LogP contribution in [-0.4, -0.2) is 0 Å². The molecular formula is C18H17NS. The molecule has 0 aliphatic carbocycles. The van der Waals surface area contributed by atoms with E-state index in [9.17, 15) is 0 Å². The zero-order valence-corrected chi connectivity index (χ0v) is 12.1. The average Bonchev–Trinajstić information content (AvgIpc) is 2.98. The lowest BCUT2D eigenvalue weighted by molar-refractivity contribution is 0.701. The van der Waals surface area contributed by atoms with Gasteiger partial charge >= 0.3 is 0 Å². The number of hydrogen-bond acceptors (Lipinski definition) is 2. The second-order valence-electron chi connectivity index (χ2n) is 4.76. The smallest absolute Gasteiger partial charge is 0.0303 e. The minimum absolute atomic E-state index is 0.916. The van der Waals surface area contributed by atoms with E-state index in [4.69, 9.17) is 0 Å². The van der Waals surface area contributed by atoms with E-state index in [1.807, 2.05) is 11.3 Å². The van der Waals surface area contributed by atoms with E-state index < -0.39 is 0 Å². The van der Waals surface area contributed by atoms with Gasteiger partial charge in [-0.05, 0) is 28.1 Å². The maximum Gasteiger partial charge on any atom is 0.0303 e. The van der Waals surface area contributed by atoms with Crippen molar-refractivity contribution in [3.63, 3.8) is 0 Å². The van der Waals surface area contributed by atoms with Crippen molar-refractivity contribution in [1.29, 1.82) is 0 Å². The standard InChI is InChI=1S/C18H17NS/c1-3-7-15(8-4-1)12-19-13-18-11-17(14-20-18)16-9-5-2-6-10-16/h1-11,14,19H,12-13H2. The molecule has 0 amide bonds. The molecule has 1 aromatic heterocycles. The highest BCUT2D eigenvalue weighted by Gasteiger charge is 2.01. The predicted octanol–water partition coefficient (Wildman–Crippen LogP) is 4.70. The largest absolute Gasteiger partial charge is 0.308 e. The van der Waals surface area contributed by atoms with Gasteiger partial charge in [0.1, 0.15) is 0 Å². The number of hydrogen-bond donors (Lipinski definition) is 1. The molecule has 100 valence electrons. The lowest BCUT2D eigenvalue weighted by Crippen LogP contribution is -2.11. The van der Waals surface area contributed by atoms with Crippen molar-refractivity contribution >= 4 is 11.3 Å². The van der Waals surface area contributed by atoms with Crippen LogP contribution in [0.3, 0.4) is 0 Å². The number of thiophene rings is 1. The third kappa shape index (κ3) is 3.35. The zero-order chi connectivity index (χ0) is 13.6. The summed E-state index contributed by atoms with van der Waals surface area (Å²) in [5, 5.41) is 5.72. The van der Waals surface area contributed by atoms with Gasteiger partial charge in [0.15, 0.2) is 0 Å². The fourth-order valence-electron chi connectivity index (χ4n) is 2.18. The Labute approximate surface area is 123 Å². The fraction of sp³-hybridized carbons (Fsp3) is 0.111. The summed E-state index contributed by atoms with van der Waals surface area (Å²) in [6.07, 6.45) is 0. The molecule has 0 fully saturated rings. The lowest BCUT2D eigenvalue weighted by atomic mass is 10.1. The summed E-state index contributed by atoms with van der Waals surface area (Å²) in [6, 6.07) is 23.3. The molecule has 0 atom stereocenters. The Morgan fingerprint density at radius 2 is 1.45 bits per heavy atom. The Kier molecular flexibility index (Phi) is 4.26. The summed E-state index contributed by atoms with van der Waals surface area (Å²) in [6.45, 7) is 1.84. The molecule has 0 bridgehead atoms. The average molecular weight is 279 g/mol. The number of rotatable bonds is 5. The van der Waals surface area contributed by atoms with Crippen LogP contribution in [-0.2, 0) is 13.1 Å². The quantitative estimate of drug-likeness (QED) is 0.713. The van der Waals surface area contributed by atoms with Crippen molar-refractivity contribution in [2.45, 2.75) is 13.1 Å². The van der Waals surface area contributed by atoms with Gasteiger partial charge in [0.2, 0.25) is 0 Å². The summed E-state index contributed by atoms with van der Waals surface area (Å²) in [4.78, 5) is 1.37. The normalized spacial score (nSPS) is 10.6. The van der Waals surface area contributed by atoms with Gasteiger partial charge in [-0.3, -0.25) is 0 Å². The molecule has 3 rings (SSSR count). The first-order valence-electron chi connectivity index (χ1n) is 6.79. The molecule has 1 nitrogen and oxygen atoms in total. The number of benzene rings is 2. The van der Waals surface area contributed by atoms with Crippen LogP contribution >= 0.6 is 11.3 Å². The molecule has 2 heteroatoms. The van der Waals surface area contributed by atoms with Gasteiger partial charge in [-0.1, -0.05) is 60.7 Å². The Bertz CT molecular complexity index is 643. The topological polar surface area (TPSA) is 12.0 Å². The maximum atomic E-state index is 3.49. The maximum absolute atomic E-state index is 3.49. The van der Waals surface area contributed by atoms with E-state index in [1.165, 1.54) is 21.6 Å². The van der Waals surface area contributed by atoms with Gasteiger partial charge in [-0.2, -0.15) is 0 Å². The Balaban J connectivity index is 1.58. The molecule has 0 saturated heterocycles. The minimum atomic E-state index is 0.916. The van der Waals surface area contributed by atoms with Crippen molar-refractivity contribution in [3.8, 4) is 11.1 Å². The molecule has 0 spiro atoms. The van der Waals surface area contributed by atoms with Crippen LogP contribution in [0.1, 0.15) is 10.4 Å². The second-order valence-corrected chi connectivity index (χ2v) is 5.75. The van der Waals surface area contributed by atoms with Crippen LogP contribution in [0, 0.1) is 0 Å². The van der Waals surface area contributed by atoms with Crippen LogP contribution < -0.4 is 5.32 Å². The third-order valence-corrected chi connectivity index (χ3v) is 4.17. The van der Waals surface area contributed by atoms with Gasteiger partial charge in [-0.15, -0.1) is 11.3 Å². The summed E-state index contributed by atoms with van der Waals surface area (Å²) in [7, 11) is 0. The molecule has 3 aromatic rings. The monoisotopic (exact) mass is 279 g/mol. The highest BCUT2D eigenvalue weighted by molar-refractivity contribution is 7.10. The molecule has 20 heavy (non-hydrogen) atoms. The van der Waals surface area contributed by atoms with Crippen LogP contribution in [0.5, 0.6) is 0 Å². The van der Waals surface area contributed by atoms with E-state index in [1.54, 1.807) is 0 Å². The molecule has 0 aliphatic rings. The first kappa shape index (κ1) is 13.1. The minimum Gasteiger partial charge on any atom is -0.308 e. The van der Waals surface area contributed by atoms with E-state index in [0.29, 0.717) is 0 Å². The molecule has 0 radical (unpaired) electrons. The zero-order valence-electron chi connectivity index (χ0n) is 11.3. The second kappa shape index (κ2) is 6.51. The first-order chi connectivity index (χ1) is 9.92. The predicted molar refractivity (Wildman–Crippen MR) is 86.7 cm³/mol. The van der Waals surface area contributed by atoms with E-state index in [0.717, 1.165) is 13.1 Å². The Morgan fingerprint density at radius 1 is 0.750 bits per heavy atom. The molecule has 1 N–H and O–H groups in total. The molecule has 2 aromatic carbocycles. The summed E-state index contributed by atoms with van der Waals surface area (Å²) in [5.41, 5.74) is 3.93. The van der Waals surface area contributed by atoms with Gasteiger partial charge in [0.25, 0.3) is 0 Å². The van der Waals surface area contributed by atoms with Crippen LogP contribution in [0.15, 0.2) is 72.1 Å². The van der Waals surface area contributed by atoms with E-state index in [-0.39, 0.29) is 0 Å². The molecule has 0 aliphatic heterocycles. The van der Waals surface area contributed by atoms with Gasteiger partial charge in [0, 0.05) is 18.0 Å². The van der Waals surface area contributed by atoms with Crippen molar-refractivity contribution in [1.82, 2.24) is 5.32 Å². The van der Waals surface area contributed by atoms with Crippen LogP contribution in [0.4, 0.5) is 0 Å². The Hall–Kier alpha value is -1.90. The first-order valence-corrected chi connectivity index (χ1v) is 7.67. The van der Waals surface area contributed by atoms with Gasteiger partial charge in [0.05, 0.1) is 0 Å². The Morgan fingerprint density at radius 3 is 2.20 bits per heavy atom. The van der Waals surface area contributed by atoms with E-state index >= 15 is 0 Å². The summed E-state index contributed by atoms with van der Waals surface area (Å²) < 4.78 is 0.